The topological polar surface area (TPSA) is 76.5 Å². The number of nitrogens with one attached hydrogen (secondary N) is 1. The normalized spacial score (nSPS) is 12.3. The third kappa shape index (κ3) is 5.39. The fourth-order valence-electron chi connectivity index (χ4n) is 4.32. The molecule has 1 N–H and O–H groups in total. The van der Waals surface area contributed by atoms with Crippen LogP contribution < -0.4 is 15.6 Å². The fourth-order valence-corrected chi connectivity index (χ4v) is 4.32. The third-order valence-electron chi connectivity index (χ3n) is 6.18. The Morgan fingerprint density at radius 2 is 1.61 bits per heavy atom. The summed E-state index contributed by atoms with van der Waals surface area (Å²) in [5, 5.41) is 2.99. The van der Waals surface area contributed by atoms with Crippen LogP contribution in [-0.2, 0) is 7.05 Å². The van der Waals surface area contributed by atoms with Gasteiger partial charge in [0.1, 0.15) is 11.4 Å². The summed E-state index contributed by atoms with van der Waals surface area (Å²) in [5.41, 5.74) is 3.03. The number of hydrogen-bond donors (Lipinski definition) is 1. The number of aromatic nitrogens is 2. The number of aryl methyl sites for hydroxylation is 1. The lowest BCUT2D eigenvalue weighted by atomic mass is 10.0. The quantitative estimate of drug-likeness (QED) is 0.345. The molecule has 0 spiro atoms. The van der Waals surface area contributed by atoms with Gasteiger partial charge in [0, 0.05) is 7.05 Å². The van der Waals surface area contributed by atoms with E-state index >= 15 is 0 Å². The molecule has 0 radical (unpaired) electrons. The molecule has 2 amide bonds. The zero-order chi connectivity index (χ0) is 24.9. The van der Waals surface area contributed by atoms with Crippen molar-refractivity contribution in [1.82, 2.24) is 14.5 Å². The summed E-state index contributed by atoms with van der Waals surface area (Å²) < 4.78 is 7.28. The number of carbonyl (C=O) groups is 1. The van der Waals surface area contributed by atoms with Gasteiger partial charge in [0.2, 0.25) is 0 Å². The van der Waals surface area contributed by atoms with Crippen molar-refractivity contribution in [2.45, 2.75) is 32.9 Å². The molecule has 0 saturated carbocycles. The highest BCUT2D eigenvalue weighted by Gasteiger charge is 2.31. The molecule has 7 nitrogen and oxygen atoms in total. The number of benzene rings is 3. The van der Waals surface area contributed by atoms with E-state index in [1.165, 1.54) is 0 Å². The Morgan fingerprint density at radius 1 is 0.972 bits per heavy atom. The molecule has 0 aliphatic heterocycles. The number of fused-ring (bicyclic) bond motifs is 1. The van der Waals surface area contributed by atoms with E-state index < -0.39 is 6.04 Å². The summed E-state index contributed by atoms with van der Waals surface area (Å²) in [6.07, 6.45) is 0. The van der Waals surface area contributed by atoms with Crippen LogP contribution in [0.4, 0.5) is 10.5 Å². The Hall–Kier alpha value is -3.78. The SMILES string of the molecule is CCOc1ccccc1NC(=O)N(C(C)c1ccccc1)C(C)c1nc2ccccc2n(C)c1=O.S. The molecule has 0 fully saturated rings. The standard InChI is InChI=1S/C28H30N4O3.H2S/c1-5-35-25-18-12-10-16-23(25)30-28(34)32(19(2)21-13-7-6-8-14-21)20(3)26-27(33)31(4)24-17-11-9-15-22(24)29-26;/h6-20H,5H2,1-4H3,(H,30,34);1H2. The molecule has 2 unspecified atom stereocenters. The van der Waals surface area contributed by atoms with Gasteiger partial charge in [-0.15, -0.1) is 0 Å². The van der Waals surface area contributed by atoms with Gasteiger partial charge in [-0.2, -0.15) is 13.5 Å². The van der Waals surface area contributed by atoms with Crippen molar-refractivity contribution in [1.29, 1.82) is 0 Å². The second-order valence-corrected chi connectivity index (χ2v) is 8.38. The summed E-state index contributed by atoms with van der Waals surface area (Å²) >= 11 is 0. The van der Waals surface area contributed by atoms with Crippen molar-refractivity contribution in [2.24, 2.45) is 7.05 Å². The van der Waals surface area contributed by atoms with Crippen LogP contribution in [0.15, 0.2) is 83.7 Å². The van der Waals surface area contributed by atoms with Gasteiger partial charge in [0.15, 0.2) is 0 Å². The number of amides is 2. The van der Waals surface area contributed by atoms with E-state index in [1.54, 1.807) is 22.6 Å². The van der Waals surface area contributed by atoms with E-state index in [0.717, 1.165) is 11.1 Å². The van der Waals surface area contributed by atoms with Crippen LogP contribution in [0.25, 0.3) is 11.0 Å². The van der Waals surface area contributed by atoms with Gasteiger partial charge in [-0.3, -0.25) is 4.79 Å². The predicted octanol–water partition coefficient (Wildman–Crippen LogP) is 5.80. The van der Waals surface area contributed by atoms with Gasteiger partial charge in [-0.25, -0.2) is 9.78 Å². The first kappa shape index (κ1) is 26.8. The van der Waals surface area contributed by atoms with E-state index in [0.29, 0.717) is 29.3 Å². The summed E-state index contributed by atoms with van der Waals surface area (Å²) in [6, 6.07) is 23.3. The van der Waals surface area contributed by atoms with Crippen molar-refractivity contribution in [3.05, 3.63) is 100 Å². The number of rotatable bonds is 7. The van der Waals surface area contributed by atoms with Crippen molar-refractivity contribution >= 4 is 36.2 Å². The molecular formula is C28H32N4O3S. The van der Waals surface area contributed by atoms with Crippen LogP contribution in [0.3, 0.4) is 0 Å². The first-order valence-electron chi connectivity index (χ1n) is 11.7. The van der Waals surface area contributed by atoms with Gasteiger partial charge in [-0.05, 0) is 50.6 Å². The Bertz CT molecular complexity index is 1390. The lowest BCUT2D eigenvalue weighted by Gasteiger charge is -2.34. The number of carbonyl (C=O) groups excluding carboxylic acids is 1. The molecule has 1 heterocycles. The molecule has 4 rings (SSSR count). The first-order valence-corrected chi connectivity index (χ1v) is 11.7. The fraction of sp³-hybridized carbons (Fsp3) is 0.250. The van der Waals surface area contributed by atoms with E-state index in [4.69, 9.17) is 4.74 Å². The Labute approximate surface area is 218 Å². The lowest BCUT2D eigenvalue weighted by Crippen LogP contribution is -2.42. The number of urea groups is 1. The summed E-state index contributed by atoms with van der Waals surface area (Å²) in [7, 11) is 1.73. The van der Waals surface area contributed by atoms with E-state index in [-0.39, 0.29) is 31.1 Å². The maximum Gasteiger partial charge on any atom is 0.323 e. The maximum atomic E-state index is 13.8. The van der Waals surface area contributed by atoms with Crippen LogP contribution in [0, 0.1) is 0 Å². The maximum absolute atomic E-state index is 13.8. The summed E-state index contributed by atoms with van der Waals surface area (Å²) in [6.45, 7) is 6.16. The smallest absolute Gasteiger partial charge is 0.323 e. The molecule has 0 saturated heterocycles. The third-order valence-corrected chi connectivity index (χ3v) is 6.18. The van der Waals surface area contributed by atoms with Crippen molar-refractivity contribution in [2.75, 3.05) is 11.9 Å². The first-order chi connectivity index (χ1) is 16.9. The largest absolute Gasteiger partial charge is 0.492 e. The summed E-state index contributed by atoms with van der Waals surface area (Å²) in [5.74, 6) is 0.586. The van der Waals surface area contributed by atoms with Crippen LogP contribution in [-0.4, -0.2) is 27.1 Å². The average Bonchev–Trinajstić information content (AvgIpc) is 2.88. The minimum Gasteiger partial charge on any atom is -0.492 e. The highest BCUT2D eigenvalue weighted by Crippen LogP contribution is 2.31. The van der Waals surface area contributed by atoms with Crippen molar-refractivity contribution in [3.63, 3.8) is 0 Å². The molecule has 0 bridgehead atoms. The number of ether oxygens (including phenoxy) is 1. The van der Waals surface area contributed by atoms with Crippen LogP contribution in [0.1, 0.15) is 44.1 Å². The highest BCUT2D eigenvalue weighted by molar-refractivity contribution is 7.59. The molecular weight excluding hydrogens is 472 g/mol. The molecule has 4 aromatic rings. The van der Waals surface area contributed by atoms with Gasteiger partial charge in [0.05, 0.1) is 35.4 Å². The van der Waals surface area contributed by atoms with Gasteiger partial charge >= 0.3 is 6.03 Å². The Kier molecular flexibility index (Phi) is 8.77. The summed E-state index contributed by atoms with van der Waals surface area (Å²) in [4.78, 5) is 33.5. The molecule has 36 heavy (non-hydrogen) atoms. The van der Waals surface area contributed by atoms with Crippen molar-refractivity contribution < 1.29 is 9.53 Å². The highest BCUT2D eigenvalue weighted by atomic mass is 32.1. The molecule has 0 aliphatic carbocycles. The molecule has 2 atom stereocenters. The Balaban J connectivity index is 0.00000361. The number of hydrogen-bond acceptors (Lipinski definition) is 4. The lowest BCUT2D eigenvalue weighted by molar-refractivity contribution is 0.165. The van der Waals surface area contributed by atoms with Gasteiger partial charge < -0.3 is 19.5 Å². The second kappa shape index (κ2) is 11.8. The number of para-hydroxylation sites is 4. The minimum absolute atomic E-state index is 0. The van der Waals surface area contributed by atoms with Crippen LogP contribution >= 0.6 is 13.5 Å². The van der Waals surface area contributed by atoms with E-state index in [9.17, 15) is 9.59 Å². The minimum atomic E-state index is -0.604. The number of anilines is 1. The van der Waals surface area contributed by atoms with Gasteiger partial charge in [0.25, 0.3) is 5.56 Å². The van der Waals surface area contributed by atoms with Crippen LogP contribution in [0.2, 0.25) is 0 Å². The van der Waals surface area contributed by atoms with E-state index in [1.807, 2.05) is 93.6 Å². The zero-order valence-electron chi connectivity index (χ0n) is 20.9. The zero-order valence-corrected chi connectivity index (χ0v) is 21.9. The van der Waals surface area contributed by atoms with E-state index in [2.05, 4.69) is 10.3 Å². The van der Waals surface area contributed by atoms with Gasteiger partial charge in [-0.1, -0.05) is 54.6 Å². The van der Waals surface area contributed by atoms with Crippen molar-refractivity contribution in [3.8, 4) is 5.75 Å². The number of nitrogens with zero attached hydrogens (tertiary/aromatic N) is 3. The monoisotopic (exact) mass is 504 g/mol. The average molecular weight is 505 g/mol. The second-order valence-electron chi connectivity index (χ2n) is 8.38. The molecule has 188 valence electrons. The molecule has 0 aliphatic rings. The van der Waals surface area contributed by atoms with Crippen LogP contribution in [0.5, 0.6) is 5.75 Å². The molecule has 8 heteroatoms. The predicted molar refractivity (Wildman–Crippen MR) is 149 cm³/mol. The molecule has 1 aromatic heterocycles. The Morgan fingerprint density at radius 3 is 2.33 bits per heavy atom. The molecule has 3 aromatic carbocycles.